The van der Waals surface area contributed by atoms with Crippen LogP contribution in [-0.2, 0) is 19.5 Å². The Morgan fingerprint density at radius 3 is 2.58 bits per heavy atom. The third kappa shape index (κ3) is 6.91. The lowest BCUT2D eigenvalue weighted by atomic mass is 10.0. The maximum Gasteiger partial charge on any atom is 0.273 e. The fraction of sp³-hybridized carbons (Fsp3) is 0.375. The zero-order valence-corrected chi connectivity index (χ0v) is 19.0. The van der Waals surface area contributed by atoms with Gasteiger partial charge in [0.15, 0.2) is 5.69 Å². The summed E-state index contributed by atoms with van der Waals surface area (Å²) in [4.78, 5) is 23.4. The first kappa shape index (κ1) is 23.0. The normalized spacial score (nSPS) is 12.3. The Bertz CT molecular complexity index is 957. The van der Waals surface area contributed by atoms with Gasteiger partial charge >= 0.3 is 0 Å². The van der Waals surface area contributed by atoms with Gasteiger partial charge < -0.3 is 9.73 Å². The molecule has 1 N–H and O–H groups in total. The van der Waals surface area contributed by atoms with E-state index < -0.39 is 0 Å². The van der Waals surface area contributed by atoms with Crippen molar-refractivity contribution in [3.8, 4) is 0 Å². The fourth-order valence-electron chi connectivity index (χ4n) is 3.19. The number of carbonyl (C=O) groups excluding carboxylic acids is 1. The molecule has 0 saturated heterocycles. The predicted octanol–water partition coefficient (Wildman–Crippen LogP) is 4.74. The molecule has 0 fully saturated rings. The molecule has 31 heavy (non-hydrogen) atoms. The average molecular weight is 441 g/mol. The molecule has 0 aliphatic carbocycles. The third-order valence-corrected chi connectivity index (χ3v) is 5.61. The minimum absolute atomic E-state index is 0.243. The lowest BCUT2D eigenvalue weighted by Gasteiger charge is -2.30. The molecular weight excluding hydrogens is 412 g/mol. The van der Waals surface area contributed by atoms with E-state index in [-0.39, 0.29) is 5.91 Å². The first-order valence-corrected chi connectivity index (χ1v) is 10.9. The summed E-state index contributed by atoms with van der Waals surface area (Å²) in [7, 11) is 0. The number of halogens is 1. The lowest BCUT2D eigenvalue weighted by molar-refractivity contribution is 0.0949. The molecule has 6 nitrogen and oxygen atoms in total. The molecule has 0 bridgehead atoms. The van der Waals surface area contributed by atoms with E-state index in [1.165, 1.54) is 6.26 Å². The molecule has 2 aromatic heterocycles. The summed E-state index contributed by atoms with van der Waals surface area (Å²) in [5.74, 6) is 0.736. The highest BCUT2D eigenvalue weighted by Crippen LogP contribution is 2.19. The number of carbonyl (C=O) groups is 1. The number of amides is 1. The van der Waals surface area contributed by atoms with Gasteiger partial charge in [-0.15, -0.1) is 0 Å². The van der Waals surface area contributed by atoms with Crippen molar-refractivity contribution in [1.82, 2.24) is 20.2 Å². The second kappa shape index (κ2) is 11.1. The standard InChI is InChI=1S/C24H29ClN4O2/c1-17(2)18(3)29(14-19-7-9-20(25)10-8-19)15-23-28-22(16-31-23)24(30)27-13-11-21-6-4-5-12-26-21/h4-10,12,16-18H,11,13-15H2,1-3H3,(H,27,30)/t18-/m1/s1. The van der Waals surface area contributed by atoms with E-state index in [1.54, 1.807) is 6.20 Å². The molecule has 0 spiro atoms. The van der Waals surface area contributed by atoms with Crippen molar-refractivity contribution in [2.45, 2.75) is 46.3 Å². The molecule has 2 heterocycles. The van der Waals surface area contributed by atoms with Crippen LogP contribution in [0, 0.1) is 5.92 Å². The van der Waals surface area contributed by atoms with Crippen molar-refractivity contribution < 1.29 is 9.21 Å². The number of rotatable bonds is 10. The number of aromatic nitrogens is 2. The molecule has 0 radical (unpaired) electrons. The molecule has 7 heteroatoms. The highest BCUT2D eigenvalue weighted by Gasteiger charge is 2.21. The predicted molar refractivity (Wildman–Crippen MR) is 122 cm³/mol. The summed E-state index contributed by atoms with van der Waals surface area (Å²) in [6.07, 6.45) is 3.83. The number of nitrogens with one attached hydrogen (secondary N) is 1. The van der Waals surface area contributed by atoms with E-state index in [9.17, 15) is 4.79 Å². The first-order chi connectivity index (χ1) is 14.9. The Hall–Kier alpha value is -2.70. The van der Waals surface area contributed by atoms with E-state index in [4.69, 9.17) is 16.0 Å². The van der Waals surface area contributed by atoms with Crippen molar-refractivity contribution in [3.05, 3.63) is 82.8 Å². The van der Waals surface area contributed by atoms with Crippen molar-refractivity contribution in [1.29, 1.82) is 0 Å². The van der Waals surface area contributed by atoms with Crippen LogP contribution in [0.1, 0.15) is 48.4 Å². The van der Waals surface area contributed by atoms with Crippen LogP contribution in [-0.4, -0.2) is 33.4 Å². The number of hydrogen-bond donors (Lipinski definition) is 1. The molecule has 0 saturated carbocycles. The third-order valence-electron chi connectivity index (χ3n) is 5.36. The number of nitrogens with zero attached hydrogens (tertiary/aromatic N) is 3. The van der Waals surface area contributed by atoms with E-state index in [1.807, 2.05) is 42.5 Å². The molecule has 0 unspecified atom stereocenters. The molecule has 164 valence electrons. The highest BCUT2D eigenvalue weighted by molar-refractivity contribution is 6.30. The van der Waals surface area contributed by atoms with Gasteiger partial charge in [0.25, 0.3) is 5.91 Å². The molecule has 1 aromatic carbocycles. The van der Waals surface area contributed by atoms with Crippen molar-refractivity contribution in [3.63, 3.8) is 0 Å². The Morgan fingerprint density at radius 2 is 1.90 bits per heavy atom. The topological polar surface area (TPSA) is 71.3 Å². The first-order valence-electron chi connectivity index (χ1n) is 10.5. The van der Waals surface area contributed by atoms with E-state index in [0.717, 1.165) is 22.8 Å². The number of pyridine rings is 1. The minimum atomic E-state index is -0.243. The number of oxazole rings is 1. The monoisotopic (exact) mass is 440 g/mol. The smallest absolute Gasteiger partial charge is 0.273 e. The highest BCUT2D eigenvalue weighted by atomic mass is 35.5. The van der Waals surface area contributed by atoms with E-state index >= 15 is 0 Å². The maximum atomic E-state index is 12.4. The fourth-order valence-corrected chi connectivity index (χ4v) is 3.32. The second-order valence-corrected chi connectivity index (χ2v) is 8.41. The summed E-state index contributed by atoms with van der Waals surface area (Å²) in [5.41, 5.74) is 2.39. The van der Waals surface area contributed by atoms with Crippen LogP contribution in [0.2, 0.25) is 5.02 Å². The van der Waals surface area contributed by atoms with E-state index in [2.05, 4.69) is 41.0 Å². The lowest BCUT2D eigenvalue weighted by Crippen LogP contribution is -2.36. The van der Waals surface area contributed by atoms with Crippen LogP contribution in [0.15, 0.2) is 59.3 Å². The number of benzene rings is 1. The zero-order valence-electron chi connectivity index (χ0n) is 18.2. The van der Waals surface area contributed by atoms with Gasteiger partial charge in [-0.1, -0.05) is 43.6 Å². The van der Waals surface area contributed by atoms with Crippen molar-refractivity contribution >= 4 is 17.5 Å². The summed E-state index contributed by atoms with van der Waals surface area (Å²) < 4.78 is 5.62. The molecule has 3 aromatic rings. The summed E-state index contributed by atoms with van der Waals surface area (Å²) in [6.45, 7) is 8.32. The van der Waals surface area contributed by atoms with Crippen LogP contribution in [0.4, 0.5) is 0 Å². The van der Waals surface area contributed by atoms with Crippen LogP contribution in [0.3, 0.4) is 0 Å². The summed E-state index contributed by atoms with van der Waals surface area (Å²) in [6, 6.07) is 13.9. The maximum absolute atomic E-state index is 12.4. The Balaban J connectivity index is 1.60. The molecular formula is C24H29ClN4O2. The van der Waals surface area contributed by atoms with Crippen LogP contribution < -0.4 is 5.32 Å². The zero-order chi connectivity index (χ0) is 22.2. The Kier molecular flexibility index (Phi) is 8.20. The summed E-state index contributed by atoms with van der Waals surface area (Å²) in [5, 5.41) is 3.59. The van der Waals surface area contributed by atoms with Gasteiger partial charge in [-0.3, -0.25) is 14.7 Å². The largest absolute Gasteiger partial charge is 0.447 e. The van der Waals surface area contributed by atoms with Crippen LogP contribution in [0.25, 0.3) is 0 Å². The Labute approximate surface area is 188 Å². The quantitative estimate of drug-likeness (QED) is 0.493. The molecule has 1 atom stereocenters. The van der Waals surface area contributed by atoms with Gasteiger partial charge in [0.1, 0.15) is 6.26 Å². The van der Waals surface area contributed by atoms with Gasteiger partial charge in [0, 0.05) is 42.5 Å². The average Bonchev–Trinajstić information content (AvgIpc) is 3.23. The van der Waals surface area contributed by atoms with Gasteiger partial charge in [0.2, 0.25) is 5.89 Å². The Morgan fingerprint density at radius 1 is 1.13 bits per heavy atom. The van der Waals surface area contributed by atoms with Crippen LogP contribution in [0.5, 0.6) is 0 Å². The molecule has 0 aliphatic rings. The van der Waals surface area contributed by atoms with Gasteiger partial charge in [-0.25, -0.2) is 4.98 Å². The van der Waals surface area contributed by atoms with Crippen LogP contribution >= 0.6 is 11.6 Å². The van der Waals surface area contributed by atoms with Crippen molar-refractivity contribution in [2.75, 3.05) is 6.54 Å². The SMILES string of the molecule is CC(C)[C@@H](C)N(Cc1ccc(Cl)cc1)Cc1nc(C(=O)NCCc2ccccn2)co1. The van der Waals surface area contributed by atoms with Crippen molar-refractivity contribution in [2.24, 2.45) is 5.92 Å². The summed E-state index contributed by atoms with van der Waals surface area (Å²) >= 11 is 6.01. The van der Waals surface area contributed by atoms with Gasteiger partial charge in [0.05, 0.1) is 6.54 Å². The number of hydrogen-bond acceptors (Lipinski definition) is 5. The van der Waals surface area contributed by atoms with Gasteiger partial charge in [-0.05, 0) is 42.7 Å². The van der Waals surface area contributed by atoms with Gasteiger partial charge in [-0.2, -0.15) is 0 Å². The van der Waals surface area contributed by atoms with E-state index in [0.29, 0.717) is 43.1 Å². The second-order valence-electron chi connectivity index (χ2n) is 7.97. The minimum Gasteiger partial charge on any atom is -0.447 e. The molecule has 3 rings (SSSR count). The molecule has 1 amide bonds. The molecule has 0 aliphatic heterocycles.